The van der Waals surface area contributed by atoms with E-state index in [2.05, 4.69) is 24.3 Å². The van der Waals surface area contributed by atoms with Crippen molar-refractivity contribution in [1.82, 2.24) is 10.2 Å². The summed E-state index contributed by atoms with van der Waals surface area (Å²) in [6.45, 7) is 2.74. The lowest BCUT2D eigenvalue weighted by Gasteiger charge is -2.29. The summed E-state index contributed by atoms with van der Waals surface area (Å²) in [5.74, 6) is 0.820. The summed E-state index contributed by atoms with van der Waals surface area (Å²) in [4.78, 5) is 2.48. The minimum absolute atomic E-state index is 0.341. The molecule has 1 saturated carbocycles. The fourth-order valence-corrected chi connectivity index (χ4v) is 3.14. The second-order valence-electron chi connectivity index (χ2n) is 5.84. The number of rotatable bonds is 8. The van der Waals surface area contributed by atoms with Crippen LogP contribution in [0.15, 0.2) is 0 Å². The van der Waals surface area contributed by atoms with Crippen LogP contribution in [0.4, 0.5) is 0 Å². The van der Waals surface area contributed by atoms with Crippen molar-refractivity contribution >= 4 is 0 Å². The molecule has 1 aliphatic carbocycles. The highest BCUT2D eigenvalue weighted by atomic mass is 16.2. The first kappa shape index (κ1) is 15.9. The molecule has 1 aliphatic rings. The molecule has 0 aromatic heterocycles. The molecule has 0 radical (unpaired) electrons. The molecule has 2 unspecified atom stereocenters. The van der Waals surface area contributed by atoms with Crippen molar-refractivity contribution in [3.63, 3.8) is 0 Å². The molecule has 1 rings (SSSR count). The number of hydrogen-bond donors (Lipinski definition) is 2. The summed E-state index contributed by atoms with van der Waals surface area (Å²) in [6, 6.07) is 0.715. The van der Waals surface area contributed by atoms with Crippen molar-refractivity contribution in [2.45, 2.75) is 57.4 Å². The van der Waals surface area contributed by atoms with Gasteiger partial charge in [-0.2, -0.15) is 0 Å². The topological polar surface area (TPSA) is 35.5 Å². The number of hydrogen-bond acceptors (Lipinski definition) is 3. The average molecular weight is 256 g/mol. The Balaban J connectivity index is 2.24. The van der Waals surface area contributed by atoms with E-state index in [1.807, 2.05) is 0 Å². The van der Waals surface area contributed by atoms with Gasteiger partial charge in [-0.3, -0.25) is 0 Å². The van der Waals surface area contributed by atoms with Crippen molar-refractivity contribution in [3.8, 4) is 0 Å². The van der Waals surface area contributed by atoms with Gasteiger partial charge in [0.05, 0.1) is 0 Å². The first-order valence-corrected chi connectivity index (χ1v) is 7.74. The zero-order valence-corrected chi connectivity index (χ0v) is 12.3. The first-order valence-electron chi connectivity index (χ1n) is 7.74. The highest BCUT2D eigenvalue weighted by Crippen LogP contribution is 2.24. The van der Waals surface area contributed by atoms with Gasteiger partial charge in [-0.05, 0) is 58.7 Å². The molecule has 0 aromatic carbocycles. The fraction of sp³-hybridized carbons (Fsp3) is 1.00. The molecule has 0 heterocycles. The van der Waals surface area contributed by atoms with Crippen molar-refractivity contribution in [2.24, 2.45) is 5.92 Å². The Kier molecular flexibility index (Phi) is 8.64. The van der Waals surface area contributed by atoms with Crippen molar-refractivity contribution < 1.29 is 5.11 Å². The maximum atomic E-state index is 8.77. The third-order valence-electron chi connectivity index (χ3n) is 4.27. The molecular formula is C15H32N2O. The Morgan fingerprint density at radius 3 is 2.61 bits per heavy atom. The first-order chi connectivity index (χ1) is 8.77. The predicted molar refractivity (Wildman–Crippen MR) is 77.9 cm³/mol. The van der Waals surface area contributed by atoms with E-state index in [1.165, 1.54) is 51.6 Å². The molecular weight excluding hydrogens is 224 g/mol. The Bertz CT molecular complexity index is 199. The van der Waals surface area contributed by atoms with E-state index in [9.17, 15) is 0 Å². The molecule has 2 atom stereocenters. The summed E-state index contributed by atoms with van der Waals surface area (Å²) < 4.78 is 0. The van der Waals surface area contributed by atoms with Crippen LogP contribution in [0.5, 0.6) is 0 Å². The van der Waals surface area contributed by atoms with Crippen molar-refractivity contribution in [2.75, 3.05) is 33.8 Å². The molecule has 0 bridgehead atoms. The van der Waals surface area contributed by atoms with Gasteiger partial charge in [0.15, 0.2) is 0 Å². The van der Waals surface area contributed by atoms with E-state index in [0.29, 0.717) is 12.6 Å². The van der Waals surface area contributed by atoms with E-state index in [1.54, 1.807) is 0 Å². The van der Waals surface area contributed by atoms with Crippen LogP contribution in [0.3, 0.4) is 0 Å². The molecule has 0 spiro atoms. The van der Waals surface area contributed by atoms with Crippen LogP contribution in [-0.2, 0) is 0 Å². The van der Waals surface area contributed by atoms with Gasteiger partial charge in [-0.15, -0.1) is 0 Å². The molecule has 0 aliphatic heterocycles. The van der Waals surface area contributed by atoms with Gasteiger partial charge in [0, 0.05) is 19.2 Å². The lowest BCUT2D eigenvalue weighted by molar-refractivity contribution is 0.222. The summed E-state index contributed by atoms with van der Waals surface area (Å²) in [5.41, 5.74) is 0. The van der Waals surface area contributed by atoms with Gasteiger partial charge in [0.2, 0.25) is 0 Å². The largest absolute Gasteiger partial charge is 0.396 e. The van der Waals surface area contributed by atoms with Gasteiger partial charge < -0.3 is 15.3 Å². The fourth-order valence-electron chi connectivity index (χ4n) is 3.14. The van der Waals surface area contributed by atoms with E-state index < -0.39 is 0 Å². The highest BCUT2D eigenvalue weighted by molar-refractivity contribution is 4.80. The zero-order chi connectivity index (χ0) is 13.2. The molecule has 1 fully saturated rings. The third-order valence-corrected chi connectivity index (χ3v) is 4.27. The molecule has 108 valence electrons. The van der Waals surface area contributed by atoms with Crippen LogP contribution in [0.25, 0.3) is 0 Å². The van der Waals surface area contributed by atoms with Gasteiger partial charge >= 0.3 is 0 Å². The number of unbranched alkanes of at least 4 members (excludes halogenated alkanes) is 2. The molecule has 0 aromatic rings. The van der Waals surface area contributed by atoms with Gasteiger partial charge in [0.25, 0.3) is 0 Å². The van der Waals surface area contributed by atoms with Crippen LogP contribution in [0.1, 0.15) is 51.4 Å². The summed E-state index contributed by atoms with van der Waals surface area (Å²) in [5, 5.41) is 12.3. The maximum Gasteiger partial charge on any atom is 0.0431 e. The monoisotopic (exact) mass is 256 g/mol. The minimum atomic E-state index is 0.341. The summed E-state index contributed by atoms with van der Waals surface area (Å²) in [7, 11) is 4.36. The number of aliphatic hydroxyl groups is 1. The standard InChI is InChI=1S/C15H32N2O/c1-16-15-10-6-3-5-9-14(15)13-17(2)11-7-4-8-12-18/h14-16,18H,3-13H2,1-2H3. The van der Waals surface area contributed by atoms with Gasteiger partial charge in [-0.25, -0.2) is 0 Å². The van der Waals surface area contributed by atoms with Crippen molar-refractivity contribution in [3.05, 3.63) is 0 Å². The maximum absolute atomic E-state index is 8.77. The lowest BCUT2D eigenvalue weighted by atomic mass is 9.94. The minimum Gasteiger partial charge on any atom is -0.396 e. The van der Waals surface area contributed by atoms with E-state index in [0.717, 1.165) is 18.8 Å². The summed E-state index contributed by atoms with van der Waals surface area (Å²) in [6.07, 6.45) is 10.3. The molecule has 3 nitrogen and oxygen atoms in total. The number of aliphatic hydroxyl groups excluding tert-OH is 1. The van der Waals surface area contributed by atoms with E-state index in [4.69, 9.17) is 5.11 Å². The van der Waals surface area contributed by atoms with Gasteiger partial charge in [0.1, 0.15) is 0 Å². The Labute approximate surface area is 113 Å². The molecule has 2 N–H and O–H groups in total. The van der Waals surface area contributed by atoms with Crippen molar-refractivity contribution in [1.29, 1.82) is 0 Å². The molecule has 18 heavy (non-hydrogen) atoms. The zero-order valence-electron chi connectivity index (χ0n) is 12.3. The Hall–Kier alpha value is -0.120. The van der Waals surface area contributed by atoms with Crippen LogP contribution >= 0.6 is 0 Å². The second kappa shape index (κ2) is 9.76. The van der Waals surface area contributed by atoms with E-state index in [-0.39, 0.29) is 0 Å². The van der Waals surface area contributed by atoms with Crippen LogP contribution in [0, 0.1) is 5.92 Å². The van der Waals surface area contributed by atoms with Gasteiger partial charge in [-0.1, -0.05) is 19.3 Å². The average Bonchev–Trinajstić information content (AvgIpc) is 2.59. The highest BCUT2D eigenvalue weighted by Gasteiger charge is 2.23. The number of nitrogens with one attached hydrogen (secondary N) is 1. The Morgan fingerprint density at radius 2 is 1.89 bits per heavy atom. The van der Waals surface area contributed by atoms with Crippen LogP contribution in [-0.4, -0.2) is 49.8 Å². The normalized spacial score (nSPS) is 25.3. The predicted octanol–water partition coefficient (Wildman–Crippen LogP) is 2.25. The molecule has 0 amide bonds. The van der Waals surface area contributed by atoms with E-state index >= 15 is 0 Å². The number of nitrogens with zero attached hydrogens (tertiary/aromatic N) is 1. The molecule has 0 saturated heterocycles. The third kappa shape index (κ3) is 6.17. The summed E-state index contributed by atoms with van der Waals surface area (Å²) >= 11 is 0. The Morgan fingerprint density at radius 1 is 1.11 bits per heavy atom. The SMILES string of the molecule is CNC1CCCCCC1CN(C)CCCCCO. The smallest absolute Gasteiger partial charge is 0.0431 e. The van der Waals surface area contributed by atoms with Crippen LogP contribution < -0.4 is 5.32 Å². The quantitative estimate of drug-likeness (QED) is 0.516. The molecule has 3 heteroatoms. The lowest BCUT2D eigenvalue weighted by Crippen LogP contribution is -2.39. The van der Waals surface area contributed by atoms with Crippen LogP contribution in [0.2, 0.25) is 0 Å². The second-order valence-corrected chi connectivity index (χ2v) is 5.84.